The average Bonchev–Trinajstić information content (AvgIpc) is 2.96. The van der Waals surface area contributed by atoms with Gasteiger partial charge >= 0.3 is 0 Å². The fourth-order valence-corrected chi connectivity index (χ4v) is 4.58. The van der Waals surface area contributed by atoms with E-state index in [0.29, 0.717) is 34.9 Å². The summed E-state index contributed by atoms with van der Waals surface area (Å²) in [6.07, 6.45) is 1.71. The van der Waals surface area contributed by atoms with Crippen molar-refractivity contribution in [2.75, 3.05) is 22.5 Å². The lowest BCUT2D eigenvalue weighted by Crippen LogP contribution is -2.30. The Hall–Kier alpha value is -1.67. The number of amides is 1. The first-order valence-electron chi connectivity index (χ1n) is 7.48. The number of anilines is 2. The van der Waals surface area contributed by atoms with Gasteiger partial charge in [0.1, 0.15) is 0 Å². The summed E-state index contributed by atoms with van der Waals surface area (Å²) in [5.41, 5.74) is 7.30. The summed E-state index contributed by atoms with van der Waals surface area (Å²) in [6, 6.07) is 7.85. The largest absolute Gasteiger partial charge is 0.295 e. The second kappa shape index (κ2) is 7.15. The smallest absolute Gasteiger partial charge is 0.269 e. The number of rotatable bonds is 4. The van der Waals surface area contributed by atoms with Crippen molar-refractivity contribution in [1.82, 2.24) is 5.43 Å². The highest BCUT2D eigenvalue weighted by atomic mass is 35.5. The second-order valence-electron chi connectivity index (χ2n) is 5.75. The molecule has 0 saturated carbocycles. The number of nitrogens with one attached hydrogen (secondary N) is 2. The maximum absolute atomic E-state index is 12.4. The number of carbonyl (C=O) groups is 1. The van der Waals surface area contributed by atoms with E-state index >= 15 is 0 Å². The molecule has 2 aromatic carbocycles. The van der Waals surface area contributed by atoms with Crippen molar-refractivity contribution in [3.8, 4) is 0 Å². The van der Waals surface area contributed by atoms with Gasteiger partial charge in [0.2, 0.25) is 10.0 Å². The van der Waals surface area contributed by atoms with E-state index in [9.17, 15) is 13.2 Å². The molecule has 0 aromatic heterocycles. The van der Waals surface area contributed by atoms with Crippen LogP contribution in [0, 0.1) is 0 Å². The number of nitrogens with zero attached hydrogens (tertiary/aromatic N) is 1. The second-order valence-corrected chi connectivity index (χ2v) is 8.91. The van der Waals surface area contributed by atoms with Gasteiger partial charge in [0.05, 0.1) is 27.7 Å². The van der Waals surface area contributed by atoms with Crippen LogP contribution in [0.5, 0.6) is 0 Å². The van der Waals surface area contributed by atoms with Crippen LogP contribution in [0.4, 0.5) is 11.4 Å². The Kier molecular flexibility index (Phi) is 5.25. The first kappa shape index (κ1) is 19.1. The molecule has 0 fully saturated rings. The molecule has 10 heteroatoms. The molecule has 2 N–H and O–H groups in total. The Bertz CT molecular complexity index is 972. The molecule has 1 aliphatic heterocycles. The summed E-state index contributed by atoms with van der Waals surface area (Å²) in [7, 11) is -3.33. The zero-order chi connectivity index (χ0) is 19.1. The number of halogens is 3. The molecule has 0 spiro atoms. The minimum Gasteiger partial charge on any atom is -0.295 e. The lowest BCUT2D eigenvalue weighted by atomic mass is 10.1. The molecule has 6 nitrogen and oxygen atoms in total. The Morgan fingerprint density at radius 3 is 2.38 bits per heavy atom. The van der Waals surface area contributed by atoms with Crippen molar-refractivity contribution in [3.63, 3.8) is 0 Å². The zero-order valence-corrected chi connectivity index (χ0v) is 16.6. The van der Waals surface area contributed by atoms with E-state index in [2.05, 4.69) is 10.9 Å². The third-order valence-electron chi connectivity index (χ3n) is 3.90. The van der Waals surface area contributed by atoms with Gasteiger partial charge in [-0.1, -0.05) is 34.8 Å². The van der Waals surface area contributed by atoms with Gasteiger partial charge in [0.25, 0.3) is 5.91 Å². The maximum atomic E-state index is 12.4. The fraction of sp³-hybridized carbons (Fsp3) is 0.188. The fourth-order valence-electron chi connectivity index (χ4n) is 2.71. The molecular weight excluding hydrogens is 421 g/mol. The molecule has 0 unspecified atom stereocenters. The summed E-state index contributed by atoms with van der Waals surface area (Å²) in [4.78, 5) is 12.4. The predicted molar refractivity (Wildman–Crippen MR) is 105 cm³/mol. The number of benzene rings is 2. The number of sulfonamides is 1. The Balaban J connectivity index is 1.76. The molecule has 138 valence electrons. The minimum absolute atomic E-state index is 0.264. The molecule has 2 aromatic rings. The highest BCUT2D eigenvalue weighted by Gasteiger charge is 2.26. The van der Waals surface area contributed by atoms with Gasteiger partial charge in [-0.15, -0.1) is 0 Å². The highest BCUT2D eigenvalue weighted by Crippen LogP contribution is 2.33. The third kappa shape index (κ3) is 3.86. The van der Waals surface area contributed by atoms with Crippen LogP contribution in [0.2, 0.25) is 15.1 Å². The number of hydrogen-bond acceptors (Lipinski definition) is 4. The number of fused-ring (bicyclic) bond motifs is 1. The SMILES string of the molecule is CS(=O)(=O)N1CCc2cc(C(=O)NNc3c(Cl)cc(Cl)cc3Cl)ccc21. The molecule has 26 heavy (non-hydrogen) atoms. The molecule has 0 saturated heterocycles. The van der Waals surface area contributed by atoms with Crippen LogP contribution in [0.25, 0.3) is 0 Å². The first-order valence-corrected chi connectivity index (χ1v) is 10.5. The van der Waals surface area contributed by atoms with Gasteiger partial charge in [0, 0.05) is 17.1 Å². The van der Waals surface area contributed by atoms with E-state index < -0.39 is 15.9 Å². The van der Waals surface area contributed by atoms with Gasteiger partial charge in [-0.2, -0.15) is 0 Å². The minimum atomic E-state index is -3.33. The molecule has 3 rings (SSSR count). The van der Waals surface area contributed by atoms with E-state index in [1.54, 1.807) is 18.2 Å². The summed E-state index contributed by atoms with van der Waals surface area (Å²) in [6.45, 7) is 0.369. The molecule has 0 radical (unpaired) electrons. The van der Waals surface area contributed by atoms with Gasteiger partial charge in [-0.25, -0.2) is 8.42 Å². The van der Waals surface area contributed by atoms with Crippen LogP contribution < -0.4 is 15.2 Å². The summed E-state index contributed by atoms with van der Waals surface area (Å²) in [5, 5.41) is 0.909. The standard InChI is InChI=1S/C16H14Cl3N3O3S/c1-26(24,25)22-5-4-9-6-10(2-3-14(9)22)16(23)21-20-15-12(18)7-11(17)8-13(15)19/h2-3,6-8,20H,4-5H2,1H3,(H,21,23). The van der Waals surface area contributed by atoms with Crippen molar-refractivity contribution in [1.29, 1.82) is 0 Å². The van der Waals surface area contributed by atoms with Crippen LogP contribution >= 0.6 is 34.8 Å². The first-order chi connectivity index (χ1) is 12.2. The van der Waals surface area contributed by atoms with Gasteiger partial charge < -0.3 is 0 Å². The third-order valence-corrected chi connectivity index (χ3v) is 5.90. The maximum Gasteiger partial charge on any atom is 0.269 e. The van der Waals surface area contributed by atoms with Crippen molar-refractivity contribution in [2.45, 2.75) is 6.42 Å². The topological polar surface area (TPSA) is 78.5 Å². The molecule has 0 atom stereocenters. The van der Waals surface area contributed by atoms with Crippen molar-refractivity contribution >= 4 is 62.1 Å². The van der Waals surface area contributed by atoms with Crippen LogP contribution in [-0.4, -0.2) is 27.1 Å². The van der Waals surface area contributed by atoms with E-state index in [0.717, 1.165) is 11.8 Å². The number of carbonyl (C=O) groups excluding carboxylic acids is 1. The molecule has 1 heterocycles. The van der Waals surface area contributed by atoms with Crippen molar-refractivity contribution < 1.29 is 13.2 Å². The predicted octanol–water partition coefficient (Wildman–Crippen LogP) is 3.73. The zero-order valence-electron chi connectivity index (χ0n) is 13.5. The Morgan fingerprint density at radius 1 is 1.12 bits per heavy atom. The Morgan fingerprint density at radius 2 is 1.77 bits per heavy atom. The number of hydrogen-bond donors (Lipinski definition) is 2. The molecule has 1 aliphatic rings. The van der Waals surface area contributed by atoms with Crippen LogP contribution in [0.3, 0.4) is 0 Å². The van der Waals surface area contributed by atoms with Gasteiger partial charge in [-0.3, -0.25) is 20.0 Å². The van der Waals surface area contributed by atoms with Gasteiger partial charge in [-0.05, 0) is 42.3 Å². The van der Waals surface area contributed by atoms with Crippen LogP contribution in [-0.2, 0) is 16.4 Å². The number of hydrazine groups is 1. The summed E-state index contributed by atoms with van der Waals surface area (Å²) >= 11 is 18.0. The van der Waals surface area contributed by atoms with Crippen molar-refractivity contribution in [3.05, 3.63) is 56.5 Å². The van der Waals surface area contributed by atoms with E-state index in [4.69, 9.17) is 34.8 Å². The van der Waals surface area contributed by atoms with Gasteiger partial charge in [0.15, 0.2) is 0 Å². The quantitative estimate of drug-likeness (QED) is 0.719. The highest BCUT2D eigenvalue weighted by molar-refractivity contribution is 7.92. The van der Waals surface area contributed by atoms with E-state index in [1.165, 1.54) is 16.4 Å². The molecular formula is C16H14Cl3N3O3S. The average molecular weight is 435 g/mol. The van der Waals surface area contributed by atoms with E-state index in [-0.39, 0.29) is 10.0 Å². The van der Waals surface area contributed by atoms with E-state index in [1.807, 2.05) is 0 Å². The summed E-state index contributed by atoms with van der Waals surface area (Å²) in [5.74, 6) is -0.410. The normalized spacial score (nSPS) is 13.5. The molecule has 1 amide bonds. The van der Waals surface area contributed by atoms with Crippen LogP contribution in [0.15, 0.2) is 30.3 Å². The lowest BCUT2D eigenvalue weighted by Gasteiger charge is -2.16. The molecule has 0 aliphatic carbocycles. The lowest BCUT2D eigenvalue weighted by molar-refractivity contribution is 0.0962. The van der Waals surface area contributed by atoms with Crippen LogP contribution in [0.1, 0.15) is 15.9 Å². The summed E-state index contributed by atoms with van der Waals surface area (Å²) < 4.78 is 24.9. The monoisotopic (exact) mass is 433 g/mol. The Labute approximate surface area is 166 Å². The molecule has 0 bridgehead atoms. The van der Waals surface area contributed by atoms with Crippen molar-refractivity contribution in [2.24, 2.45) is 0 Å².